The topological polar surface area (TPSA) is 104 Å². The highest BCUT2D eigenvalue weighted by molar-refractivity contribution is 7.89. The molecule has 1 aromatic carbocycles. The van der Waals surface area contributed by atoms with Crippen molar-refractivity contribution < 1.29 is 23.4 Å². The number of aliphatic carboxylic acids is 1. The molecule has 7 heteroatoms. The van der Waals surface area contributed by atoms with E-state index < -0.39 is 28.0 Å². The maximum absolute atomic E-state index is 12.1. The SMILES string of the molecule is Cc1cccc(S(=O)(=O)N[C@@H](C(=O)O)C(C)C)c1O. The van der Waals surface area contributed by atoms with Gasteiger partial charge in [0.15, 0.2) is 0 Å². The third-order valence-corrected chi connectivity index (χ3v) is 4.18. The molecule has 0 amide bonds. The maximum atomic E-state index is 12.1. The minimum Gasteiger partial charge on any atom is -0.506 e. The summed E-state index contributed by atoms with van der Waals surface area (Å²) in [6, 6.07) is 3.02. The van der Waals surface area contributed by atoms with Crippen LogP contribution in [0, 0.1) is 12.8 Å². The zero-order chi connectivity index (χ0) is 14.8. The third-order valence-electron chi connectivity index (χ3n) is 2.71. The Kier molecular flexibility index (Phi) is 4.54. The molecule has 1 rings (SSSR count). The number of carboxylic acid groups (broad SMARTS) is 1. The maximum Gasteiger partial charge on any atom is 0.322 e. The molecule has 0 fully saturated rings. The molecule has 0 saturated carbocycles. The second-order valence-corrected chi connectivity index (χ2v) is 6.29. The molecule has 0 heterocycles. The summed E-state index contributed by atoms with van der Waals surface area (Å²) in [5, 5.41) is 18.7. The van der Waals surface area contributed by atoms with Crippen LogP contribution in [0.4, 0.5) is 0 Å². The number of phenols is 1. The first kappa shape index (κ1) is 15.5. The number of carbonyl (C=O) groups is 1. The summed E-state index contributed by atoms with van der Waals surface area (Å²) in [6.07, 6.45) is 0. The Bertz CT molecular complexity index is 580. The fourth-order valence-electron chi connectivity index (χ4n) is 1.55. The van der Waals surface area contributed by atoms with Crippen LogP contribution in [-0.4, -0.2) is 30.6 Å². The van der Waals surface area contributed by atoms with Gasteiger partial charge in [-0.05, 0) is 24.5 Å². The molecule has 106 valence electrons. The lowest BCUT2D eigenvalue weighted by Crippen LogP contribution is -2.44. The smallest absolute Gasteiger partial charge is 0.322 e. The van der Waals surface area contributed by atoms with Gasteiger partial charge < -0.3 is 10.2 Å². The quantitative estimate of drug-likeness (QED) is 0.752. The number of para-hydroxylation sites is 1. The Morgan fingerprint density at radius 1 is 1.32 bits per heavy atom. The molecule has 0 aromatic heterocycles. The highest BCUT2D eigenvalue weighted by Gasteiger charge is 2.29. The predicted octanol–water partition coefficient (Wildman–Crippen LogP) is 1.09. The van der Waals surface area contributed by atoms with Crippen LogP contribution >= 0.6 is 0 Å². The molecule has 0 saturated heterocycles. The van der Waals surface area contributed by atoms with E-state index >= 15 is 0 Å². The molecule has 0 aliphatic carbocycles. The van der Waals surface area contributed by atoms with E-state index in [0.717, 1.165) is 0 Å². The van der Waals surface area contributed by atoms with Gasteiger partial charge in [-0.25, -0.2) is 8.42 Å². The van der Waals surface area contributed by atoms with Crippen molar-refractivity contribution in [3.05, 3.63) is 23.8 Å². The zero-order valence-corrected chi connectivity index (χ0v) is 11.7. The van der Waals surface area contributed by atoms with Gasteiger partial charge in [-0.3, -0.25) is 4.79 Å². The van der Waals surface area contributed by atoms with Crippen LogP contribution in [0.1, 0.15) is 19.4 Å². The van der Waals surface area contributed by atoms with Crippen molar-refractivity contribution in [2.75, 3.05) is 0 Å². The standard InChI is InChI=1S/C12H17NO5S/c1-7(2)10(12(15)16)13-19(17,18)9-6-4-5-8(3)11(9)14/h4-7,10,13-14H,1-3H3,(H,15,16)/t10-/m1/s1. The highest BCUT2D eigenvalue weighted by Crippen LogP contribution is 2.26. The number of aryl methyl sites for hydroxylation is 1. The first-order chi connectivity index (χ1) is 8.66. The van der Waals surface area contributed by atoms with Crippen LogP contribution in [0.2, 0.25) is 0 Å². The average molecular weight is 287 g/mol. The molecule has 0 aliphatic heterocycles. The van der Waals surface area contributed by atoms with E-state index in [1.165, 1.54) is 12.1 Å². The summed E-state index contributed by atoms with van der Waals surface area (Å²) in [5.41, 5.74) is 0.402. The van der Waals surface area contributed by atoms with Crippen molar-refractivity contribution in [3.8, 4) is 5.75 Å². The van der Waals surface area contributed by atoms with Gasteiger partial charge in [0.05, 0.1) is 0 Å². The number of carboxylic acids is 1. The Morgan fingerprint density at radius 3 is 2.37 bits per heavy atom. The van der Waals surface area contributed by atoms with Gasteiger partial charge in [0.25, 0.3) is 0 Å². The number of sulfonamides is 1. The first-order valence-electron chi connectivity index (χ1n) is 5.70. The van der Waals surface area contributed by atoms with Crippen LogP contribution in [0.3, 0.4) is 0 Å². The van der Waals surface area contributed by atoms with E-state index in [4.69, 9.17) is 5.11 Å². The number of phenolic OH excluding ortho intramolecular Hbond substituents is 1. The number of benzene rings is 1. The largest absolute Gasteiger partial charge is 0.506 e. The molecule has 1 atom stereocenters. The van der Waals surface area contributed by atoms with Gasteiger partial charge in [-0.15, -0.1) is 0 Å². The molecule has 0 aliphatic rings. The average Bonchev–Trinajstić information content (AvgIpc) is 2.28. The fourth-order valence-corrected chi connectivity index (χ4v) is 3.06. The molecular formula is C12H17NO5S. The molecule has 1 aromatic rings. The van der Waals surface area contributed by atoms with E-state index in [0.29, 0.717) is 5.56 Å². The minimum absolute atomic E-state index is 0.320. The van der Waals surface area contributed by atoms with Crippen LogP contribution in [0.5, 0.6) is 5.75 Å². The van der Waals surface area contributed by atoms with Crippen LogP contribution in [0.15, 0.2) is 23.1 Å². The summed E-state index contributed by atoms with van der Waals surface area (Å²) in [7, 11) is -4.08. The third kappa shape index (κ3) is 3.45. The molecule has 0 bridgehead atoms. The normalized spacial score (nSPS) is 13.5. The van der Waals surface area contributed by atoms with Crippen molar-refractivity contribution in [3.63, 3.8) is 0 Å². The second kappa shape index (κ2) is 5.58. The van der Waals surface area contributed by atoms with Gasteiger partial charge in [-0.1, -0.05) is 26.0 Å². The van der Waals surface area contributed by atoms with Crippen LogP contribution in [0.25, 0.3) is 0 Å². The van der Waals surface area contributed by atoms with Gasteiger partial charge in [0, 0.05) is 0 Å². The van der Waals surface area contributed by atoms with E-state index in [9.17, 15) is 18.3 Å². The summed E-state index contributed by atoms with van der Waals surface area (Å²) >= 11 is 0. The van der Waals surface area contributed by atoms with Crippen LogP contribution in [-0.2, 0) is 14.8 Å². The van der Waals surface area contributed by atoms with Gasteiger partial charge >= 0.3 is 5.97 Å². The van der Waals surface area contributed by atoms with Gasteiger partial charge in [0.2, 0.25) is 10.0 Å². The minimum atomic E-state index is -4.08. The Hall–Kier alpha value is -1.60. The molecule has 0 unspecified atom stereocenters. The van der Waals surface area contributed by atoms with Crippen molar-refractivity contribution in [1.82, 2.24) is 4.72 Å². The summed E-state index contributed by atoms with van der Waals surface area (Å²) in [4.78, 5) is 10.7. The lowest BCUT2D eigenvalue weighted by Gasteiger charge is -2.18. The first-order valence-corrected chi connectivity index (χ1v) is 7.19. The van der Waals surface area contributed by atoms with E-state index in [1.807, 2.05) is 0 Å². The summed E-state index contributed by atoms with van der Waals surface area (Å²) < 4.78 is 26.3. The van der Waals surface area contributed by atoms with Crippen molar-refractivity contribution in [2.24, 2.45) is 5.92 Å². The molecule has 19 heavy (non-hydrogen) atoms. The van der Waals surface area contributed by atoms with Crippen molar-refractivity contribution in [2.45, 2.75) is 31.7 Å². The second-order valence-electron chi connectivity index (χ2n) is 4.60. The van der Waals surface area contributed by atoms with E-state index in [1.54, 1.807) is 26.8 Å². The van der Waals surface area contributed by atoms with Crippen LogP contribution < -0.4 is 4.72 Å². The van der Waals surface area contributed by atoms with Crippen molar-refractivity contribution >= 4 is 16.0 Å². The number of aromatic hydroxyl groups is 1. The lowest BCUT2D eigenvalue weighted by atomic mass is 10.1. The molecular weight excluding hydrogens is 270 g/mol. The number of hydrogen-bond donors (Lipinski definition) is 3. The number of nitrogens with one attached hydrogen (secondary N) is 1. The lowest BCUT2D eigenvalue weighted by molar-refractivity contribution is -0.140. The number of hydrogen-bond acceptors (Lipinski definition) is 4. The molecule has 6 nitrogen and oxygen atoms in total. The summed E-state index contributed by atoms with van der Waals surface area (Å²) in [6.45, 7) is 4.75. The van der Waals surface area contributed by atoms with Gasteiger partial charge in [0.1, 0.15) is 16.7 Å². The summed E-state index contributed by atoms with van der Waals surface area (Å²) in [5.74, 6) is -2.05. The molecule has 3 N–H and O–H groups in total. The fraction of sp³-hybridized carbons (Fsp3) is 0.417. The number of rotatable bonds is 5. The van der Waals surface area contributed by atoms with Crippen molar-refractivity contribution in [1.29, 1.82) is 0 Å². The van der Waals surface area contributed by atoms with Gasteiger partial charge in [-0.2, -0.15) is 4.72 Å². The Morgan fingerprint density at radius 2 is 1.89 bits per heavy atom. The van der Waals surface area contributed by atoms with E-state index in [2.05, 4.69) is 4.72 Å². The molecule has 0 radical (unpaired) electrons. The predicted molar refractivity (Wildman–Crippen MR) is 69.4 cm³/mol. The monoisotopic (exact) mass is 287 g/mol. The Labute approximate surface area is 112 Å². The highest BCUT2D eigenvalue weighted by atomic mass is 32.2. The zero-order valence-electron chi connectivity index (χ0n) is 10.9. The Balaban J connectivity index is 3.18. The molecule has 0 spiro atoms. The van der Waals surface area contributed by atoms with E-state index in [-0.39, 0.29) is 10.6 Å².